The summed E-state index contributed by atoms with van der Waals surface area (Å²) in [5, 5.41) is 3.37. The van der Waals surface area contributed by atoms with Crippen molar-refractivity contribution in [1.29, 1.82) is 0 Å². The fourth-order valence-corrected chi connectivity index (χ4v) is 5.19. The van der Waals surface area contributed by atoms with Crippen LogP contribution in [0.2, 0.25) is 5.02 Å². The van der Waals surface area contributed by atoms with Crippen molar-refractivity contribution in [2.75, 3.05) is 31.5 Å². The molecule has 6 nitrogen and oxygen atoms in total. The Hall–Kier alpha value is -2.87. The predicted octanol–water partition coefficient (Wildman–Crippen LogP) is 4.73. The summed E-state index contributed by atoms with van der Waals surface area (Å²) < 4.78 is 28.5. The average molecular weight is 500 g/mol. The first-order valence-corrected chi connectivity index (χ1v) is 12.9. The lowest BCUT2D eigenvalue weighted by Gasteiger charge is -2.26. The molecular weight excluding hydrogens is 470 g/mol. The van der Waals surface area contributed by atoms with Crippen molar-refractivity contribution >= 4 is 33.2 Å². The van der Waals surface area contributed by atoms with Crippen molar-refractivity contribution in [3.63, 3.8) is 0 Å². The van der Waals surface area contributed by atoms with Crippen LogP contribution >= 0.6 is 11.6 Å². The highest BCUT2D eigenvalue weighted by Crippen LogP contribution is 2.31. The van der Waals surface area contributed by atoms with Gasteiger partial charge in [0.25, 0.3) is 15.9 Å². The van der Waals surface area contributed by atoms with E-state index in [0.29, 0.717) is 22.8 Å². The highest BCUT2D eigenvalue weighted by molar-refractivity contribution is 7.92. The van der Waals surface area contributed by atoms with E-state index in [1.54, 1.807) is 72.8 Å². The Labute approximate surface area is 207 Å². The van der Waals surface area contributed by atoms with E-state index in [0.717, 1.165) is 24.1 Å². The molecule has 0 saturated carbocycles. The summed E-state index contributed by atoms with van der Waals surface area (Å²) in [7, 11) is 0.137. The highest BCUT2D eigenvalue weighted by atomic mass is 35.5. The quantitative estimate of drug-likeness (QED) is 0.409. The summed E-state index contributed by atoms with van der Waals surface area (Å²) in [5.41, 5.74) is 2.59. The number of hydrogen-bond acceptors (Lipinski definition) is 4. The monoisotopic (exact) mass is 499 g/mol. The van der Waals surface area contributed by atoms with Gasteiger partial charge in [0, 0.05) is 17.1 Å². The Bertz CT molecular complexity index is 1210. The second-order valence-electron chi connectivity index (χ2n) is 8.37. The Kier molecular flexibility index (Phi) is 8.72. The minimum Gasteiger partial charge on any atom is -0.352 e. The van der Waals surface area contributed by atoms with Crippen molar-refractivity contribution in [2.45, 2.75) is 24.8 Å². The molecule has 0 aromatic heterocycles. The minimum absolute atomic E-state index is 0.100. The van der Waals surface area contributed by atoms with Gasteiger partial charge in [-0.3, -0.25) is 9.10 Å². The summed E-state index contributed by atoms with van der Waals surface area (Å²) in [5.74, 6) is -0.148. The molecule has 0 fully saturated rings. The summed E-state index contributed by atoms with van der Waals surface area (Å²) in [6.07, 6.45) is 0.863. The summed E-state index contributed by atoms with van der Waals surface area (Å²) in [4.78, 5) is 14.7. The zero-order valence-corrected chi connectivity index (χ0v) is 21.2. The van der Waals surface area contributed by atoms with Crippen LogP contribution < -0.4 is 9.62 Å². The standard InChI is InChI=1S/C26H30ClN3O3S/c1-20-10-15-23(27)18-25(20)30(34(32,33)24-8-5-4-6-9-24)19-21-11-13-22(14-12-21)26(31)28-16-7-17-29(2)3/h4-6,8-15,18H,7,16-17,19H2,1-3H3,(H,28,31). The molecule has 1 amide bonds. The van der Waals surface area contributed by atoms with Gasteiger partial charge in [-0.2, -0.15) is 0 Å². The Morgan fingerprint density at radius 2 is 1.65 bits per heavy atom. The maximum atomic E-state index is 13.6. The topological polar surface area (TPSA) is 69.7 Å². The summed E-state index contributed by atoms with van der Waals surface area (Å²) >= 11 is 6.22. The van der Waals surface area contributed by atoms with Crippen LogP contribution in [0.25, 0.3) is 0 Å². The van der Waals surface area contributed by atoms with E-state index in [-0.39, 0.29) is 17.3 Å². The van der Waals surface area contributed by atoms with E-state index in [9.17, 15) is 13.2 Å². The average Bonchev–Trinajstić information content (AvgIpc) is 2.82. The number of nitrogens with zero attached hydrogens (tertiary/aromatic N) is 2. The maximum Gasteiger partial charge on any atom is 0.264 e. The van der Waals surface area contributed by atoms with Crippen LogP contribution in [0.3, 0.4) is 0 Å². The molecule has 0 unspecified atom stereocenters. The third-order valence-electron chi connectivity index (χ3n) is 5.38. The lowest BCUT2D eigenvalue weighted by Crippen LogP contribution is -2.31. The Balaban J connectivity index is 1.85. The van der Waals surface area contributed by atoms with Gasteiger partial charge in [0.05, 0.1) is 17.1 Å². The first kappa shape index (κ1) is 25.7. The molecule has 3 aromatic carbocycles. The van der Waals surface area contributed by atoms with Crippen LogP contribution in [0.5, 0.6) is 0 Å². The summed E-state index contributed by atoms with van der Waals surface area (Å²) in [6.45, 7) is 3.44. The van der Waals surface area contributed by atoms with Crippen LogP contribution in [0.4, 0.5) is 5.69 Å². The van der Waals surface area contributed by atoms with Crippen LogP contribution in [0, 0.1) is 6.92 Å². The van der Waals surface area contributed by atoms with Crippen LogP contribution in [-0.2, 0) is 16.6 Å². The number of carbonyl (C=O) groups is 1. The molecule has 180 valence electrons. The van der Waals surface area contributed by atoms with E-state index in [2.05, 4.69) is 10.2 Å². The molecular formula is C26H30ClN3O3S. The number of anilines is 1. The smallest absolute Gasteiger partial charge is 0.264 e. The van der Waals surface area contributed by atoms with Crippen LogP contribution in [0.1, 0.15) is 27.9 Å². The molecule has 0 aliphatic carbocycles. The molecule has 0 atom stereocenters. The molecule has 3 aromatic rings. The van der Waals surface area contributed by atoms with Crippen molar-refractivity contribution in [3.05, 3.63) is 94.5 Å². The van der Waals surface area contributed by atoms with Gasteiger partial charge in [-0.1, -0.05) is 48.0 Å². The number of nitrogens with one attached hydrogen (secondary N) is 1. The third-order valence-corrected chi connectivity index (χ3v) is 7.39. The first-order valence-electron chi connectivity index (χ1n) is 11.0. The molecule has 0 bridgehead atoms. The number of sulfonamides is 1. The van der Waals surface area contributed by atoms with Gasteiger partial charge in [0.1, 0.15) is 0 Å². The lowest BCUT2D eigenvalue weighted by molar-refractivity contribution is 0.0952. The Morgan fingerprint density at radius 1 is 0.971 bits per heavy atom. The lowest BCUT2D eigenvalue weighted by atomic mass is 10.1. The van der Waals surface area contributed by atoms with E-state index in [1.807, 2.05) is 21.0 Å². The van der Waals surface area contributed by atoms with Crippen LogP contribution in [-0.4, -0.2) is 46.4 Å². The molecule has 0 radical (unpaired) electrons. The molecule has 1 N–H and O–H groups in total. The van der Waals surface area contributed by atoms with Gasteiger partial charge in [0.15, 0.2) is 0 Å². The van der Waals surface area contributed by atoms with Gasteiger partial charge >= 0.3 is 0 Å². The molecule has 3 rings (SSSR count). The van der Waals surface area contributed by atoms with Crippen molar-refractivity contribution in [1.82, 2.24) is 10.2 Å². The van der Waals surface area contributed by atoms with Gasteiger partial charge in [-0.05, 0) is 81.5 Å². The second kappa shape index (κ2) is 11.5. The predicted molar refractivity (Wildman–Crippen MR) is 138 cm³/mol. The molecule has 34 heavy (non-hydrogen) atoms. The van der Waals surface area contributed by atoms with E-state index in [4.69, 9.17) is 11.6 Å². The fraction of sp³-hybridized carbons (Fsp3) is 0.269. The number of benzene rings is 3. The van der Waals surface area contributed by atoms with E-state index >= 15 is 0 Å². The number of carbonyl (C=O) groups excluding carboxylic acids is 1. The molecule has 0 saturated heterocycles. The van der Waals surface area contributed by atoms with Gasteiger partial charge in [-0.15, -0.1) is 0 Å². The molecule has 0 heterocycles. The van der Waals surface area contributed by atoms with E-state index in [1.165, 1.54) is 4.31 Å². The number of amides is 1. The largest absolute Gasteiger partial charge is 0.352 e. The number of rotatable bonds is 10. The number of hydrogen-bond donors (Lipinski definition) is 1. The van der Waals surface area contributed by atoms with Crippen molar-refractivity contribution in [3.8, 4) is 0 Å². The highest BCUT2D eigenvalue weighted by Gasteiger charge is 2.26. The molecule has 0 aliphatic heterocycles. The zero-order valence-electron chi connectivity index (χ0n) is 19.7. The van der Waals surface area contributed by atoms with Crippen LogP contribution in [0.15, 0.2) is 77.7 Å². The van der Waals surface area contributed by atoms with Gasteiger partial charge < -0.3 is 10.2 Å². The summed E-state index contributed by atoms with van der Waals surface area (Å²) in [6, 6.07) is 20.5. The third kappa shape index (κ3) is 6.59. The fourth-order valence-electron chi connectivity index (χ4n) is 3.50. The van der Waals surface area contributed by atoms with Crippen molar-refractivity contribution in [2.24, 2.45) is 0 Å². The normalized spacial score (nSPS) is 11.4. The van der Waals surface area contributed by atoms with Gasteiger partial charge in [0.2, 0.25) is 0 Å². The molecule has 8 heteroatoms. The van der Waals surface area contributed by atoms with Crippen molar-refractivity contribution < 1.29 is 13.2 Å². The first-order chi connectivity index (χ1) is 16.2. The molecule has 0 spiro atoms. The number of aryl methyl sites for hydroxylation is 1. The Morgan fingerprint density at radius 3 is 2.29 bits per heavy atom. The zero-order chi connectivity index (χ0) is 24.7. The van der Waals surface area contributed by atoms with E-state index < -0.39 is 10.0 Å². The van der Waals surface area contributed by atoms with Gasteiger partial charge in [-0.25, -0.2) is 8.42 Å². The SMILES string of the molecule is Cc1ccc(Cl)cc1N(Cc1ccc(C(=O)NCCCN(C)C)cc1)S(=O)(=O)c1ccccc1. The second-order valence-corrected chi connectivity index (χ2v) is 10.7. The minimum atomic E-state index is -3.85. The number of halogens is 1. The molecule has 0 aliphatic rings. The maximum absolute atomic E-state index is 13.6.